The smallest absolute Gasteiger partial charge is 0.331 e. The minimum atomic E-state index is -0.471. The van der Waals surface area contributed by atoms with Gasteiger partial charge in [0.2, 0.25) is 0 Å². The number of halogens is 1. The number of aliphatic hydroxyl groups excluding tert-OH is 2. The highest BCUT2D eigenvalue weighted by molar-refractivity contribution is 14.1. The minimum Gasteiger partial charge on any atom is -0.496 e. The van der Waals surface area contributed by atoms with E-state index in [0.29, 0.717) is 59.0 Å². The number of ether oxygens (including phenoxy) is 2. The summed E-state index contributed by atoms with van der Waals surface area (Å²) < 4.78 is 14.7. The molecule has 0 spiro atoms. The fourth-order valence-corrected chi connectivity index (χ4v) is 6.22. The number of methoxy groups -OCH3 is 2. The number of H-pyrrole nitrogens is 1. The van der Waals surface area contributed by atoms with Crippen LogP contribution in [-0.2, 0) is 33.0 Å². The third-order valence-corrected chi connectivity index (χ3v) is 8.77. The Morgan fingerprint density at radius 2 is 1.11 bits per heavy atom. The van der Waals surface area contributed by atoms with Crippen LogP contribution in [-0.4, -0.2) is 61.3 Å². The molecule has 0 aliphatic rings. The first-order valence-corrected chi connectivity index (χ1v) is 19.2. The molecule has 280 valence electrons. The third kappa shape index (κ3) is 9.33. The molecular formula is C40H45IN4O8. The molecule has 0 saturated carbocycles. The number of aromatic amines is 1. The van der Waals surface area contributed by atoms with Crippen LogP contribution in [0.4, 0.5) is 0 Å². The van der Waals surface area contributed by atoms with Crippen molar-refractivity contribution in [3.05, 3.63) is 149 Å². The van der Waals surface area contributed by atoms with Gasteiger partial charge in [-0.2, -0.15) is 0 Å². The molecule has 4 aromatic carbocycles. The van der Waals surface area contributed by atoms with Crippen molar-refractivity contribution in [2.24, 2.45) is 7.05 Å². The number of aromatic nitrogens is 4. The number of aryl methyl sites for hydroxylation is 1. The van der Waals surface area contributed by atoms with Gasteiger partial charge in [0.1, 0.15) is 11.5 Å². The monoisotopic (exact) mass is 836 g/mol. The second-order valence-corrected chi connectivity index (χ2v) is 12.0. The maximum Gasteiger partial charge on any atom is 0.331 e. The number of rotatable bonds is 12. The highest BCUT2D eigenvalue weighted by Crippen LogP contribution is 2.28. The normalized spacial score (nSPS) is 10.7. The van der Waals surface area contributed by atoms with Crippen LogP contribution in [0.5, 0.6) is 11.5 Å². The van der Waals surface area contributed by atoms with Gasteiger partial charge in [-0.3, -0.25) is 23.3 Å². The lowest BCUT2D eigenvalue weighted by atomic mass is 10.00. The predicted octanol–water partition coefficient (Wildman–Crippen LogP) is 4.40. The number of nitrogens with zero attached hydrogens (tertiary/aromatic N) is 3. The average Bonchev–Trinajstić information content (AvgIpc) is 3.18. The standard InChI is InChI=1S/C20H22N2O4.C19H20N2O4.CH3I/c1-21-16-9-10-17(26-2)15(13-14-7-4-3-5-8-14)18(16)19(24)22(20(21)25)11-6-12-23;1-25-16-9-8-15-17(14(16)12-13-6-3-2-4-7-13)18(23)21(10-5-11-22)19(24)20-15;1-2/h3-5,7-10,23H,6,11-13H2,1-2H3;2-4,6-9,22H,5,10-12H2,1H3,(H,20,24);1H3. The fraction of sp³-hybridized carbons (Fsp3) is 0.300. The summed E-state index contributed by atoms with van der Waals surface area (Å²) in [7, 11) is 4.78. The number of hydrogen-bond acceptors (Lipinski definition) is 8. The molecule has 0 bridgehead atoms. The van der Waals surface area contributed by atoms with Crippen molar-refractivity contribution in [3.63, 3.8) is 0 Å². The zero-order valence-corrected chi connectivity index (χ0v) is 32.5. The van der Waals surface area contributed by atoms with Crippen LogP contribution >= 0.6 is 22.6 Å². The number of nitrogens with one attached hydrogen (secondary N) is 1. The lowest BCUT2D eigenvalue weighted by molar-refractivity contribution is 0.277. The van der Waals surface area contributed by atoms with Gasteiger partial charge in [-0.15, -0.1) is 0 Å². The largest absolute Gasteiger partial charge is 0.496 e. The van der Waals surface area contributed by atoms with Gasteiger partial charge in [0.25, 0.3) is 11.1 Å². The zero-order valence-electron chi connectivity index (χ0n) is 30.3. The molecule has 3 N–H and O–H groups in total. The molecule has 0 aliphatic heterocycles. The van der Waals surface area contributed by atoms with E-state index in [0.717, 1.165) is 26.8 Å². The van der Waals surface area contributed by atoms with Crippen molar-refractivity contribution >= 4 is 44.4 Å². The van der Waals surface area contributed by atoms with Gasteiger partial charge in [-0.05, 0) is 53.2 Å². The molecule has 13 heteroatoms. The van der Waals surface area contributed by atoms with Crippen LogP contribution in [0.2, 0.25) is 0 Å². The van der Waals surface area contributed by atoms with E-state index in [1.54, 1.807) is 45.5 Å². The molecule has 0 atom stereocenters. The van der Waals surface area contributed by atoms with E-state index < -0.39 is 5.69 Å². The maximum atomic E-state index is 13.1. The Morgan fingerprint density at radius 3 is 1.62 bits per heavy atom. The van der Waals surface area contributed by atoms with Crippen molar-refractivity contribution in [1.82, 2.24) is 18.7 Å². The van der Waals surface area contributed by atoms with Gasteiger partial charge in [0.15, 0.2) is 0 Å². The second-order valence-electron chi connectivity index (χ2n) is 12.0. The Hall–Kier alpha value is -4.99. The van der Waals surface area contributed by atoms with Gasteiger partial charge in [0.05, 0.1) is 36.0 Å². The van der Waals surface area contributed by atoms with Gasteiger partial charge < -0.3 is 24.7 Å². The summed E-state index contributed by atoms with van der Waals surface area (Å²) in [6, 6.07) is 26.6. The summed E-state index contributed by atoms with van der Waals surface area (Å²) in [4.78, 5) is 55.5. The summed E-state index contributed by atoms with van der Waals surface area (Å²) in [5.74, 6) is 1.22. The van der Waals surface area contributed by atoms with E-state index in [-0.39, 0.29) is 43.1 Å². The molecule has 0 amide bonds. The molecule has 0 unspecified atom stereocenters. The van der Waals surface area contributed by atoms with Crippen LogP contribution < -0.4 is 32.0 Å². The van der Waals surface area contributed by atoms with Crippen molar-refractivity contribution < 1.29 is 19.7 Å². The molecule has 2 aromatic heterocycles. The topological polar surface area (TPSA) is 158 Å². The lowest BCUT2D eigenvalue weighted by Gasteiger charge is -2.16. The number of alkyl halides is 1. The first-order chi connectivity index (χ1) is 25.7. The molecule has 6 rings (SSSR count). The predicted molar refractivity (Wildman–Crippen MR) is 217 cm³/mol. The Balaban J connectivity index is 0.000000226. The van der Waals surface area contributed by atoms with Crippen LogP contribution in [0.3, 0.4) is 0 Å². The zero-order chi connectivity index (χ0) is 38.5. The molecule has 0 aliphatic carbocycles. The second kappa shape index (κ2) is 19.7. The Kier molecular flexibility index (Phi) is 15.2. The molecule has 2 heterocycles. The van der Waals surface area contributed by atoms with Crippen molar-refractivity contribution in [2.75, 3.05) is 32.4 Å². The third-order valence-electron chi connectivity index (χ3n) is 8.77. The molecule has 0 saturated heterocycles. The summed E-state index contributed by atoms with van der Waals surface area (Å²) >= 11 is 2.15. The highest BCUT2D eigenvalue weighted by Gasteiger charge is 2.19. The molecular weight excluding hydrogens is 791 g/mol. The first kappa shape index (κ1) is 40.8. The molecule has 6 aromatic rings. The maximum absolute atomic E-state index is 13.1. The van der Waals surface area contributed by atoms with Crippen molar-refractivity contribution in [1.29, 1.82) is 0 Å². The van der Waals surface area contributed by atoms with E-state index in [4.69, 9.17) is 19.7 Å². The Bertz CT molecular complexity index is 2370. The molecule has 12 nitrogen and oxygen atoms in total. The van der Waals surface area contributed by atoms with Crippen LogP contribution in [0.1, 0.15) is 35.1 Å². The average molecular weight is 837 g/mol. The number of benzene rings is 4. The van der Waals surface area contributed by atoms with Gasteiger partial charge in [-0.25, -0.2) is 9.59 Å². The van der Waals surface area contributed by atoms with E-state index in [9.17, 15) is 19.2 Å². The fourth-order valence-electron chi connectivity index (χ4n) is 6.22. The molecule has 0 fully saturated rings. The quantitative estimate of drug-likeness (QED) is 0.121. The first-order valence-electron chi connectivity index (χ1n) is 17.0. The van der Waals surface area contributed by atoms with Gasteiger partial charge >= 0.3 is 11.4 Å². The minimum absolute atomic E-state index is 0.0807. The van der Waals surface area contributed by atoms with E-state index in [2.05, 4.69) is 27.6 Å². The number of hydrogen-bond donors (Lipinski definition) is 3. The summed E-state index contributed by atoms with van der Waals surface area (Å²) in [6.45, 7) is 0.185. The van der Waals surface area contributed by atoms with Gasteiger partial charge in [0, 0.05) is 57.3 Å². The van der Waals surface area contributed by atoms with Crippen molar-refractivity contribution in [3.8, 4) is 11.5 Å². The Morgan fingerprint density at radius 1 is 0.642 bits per heavy atom. The van der Waals surface area contributed by atoms with Gasteiger partial charge in [-0.1, -0.05) is 83.3 Å². The SMILES string of the molecule is CI.COc1ccc2[nH]c(=O)n(CCCO)c(=O)c2c1Cc1ccccc1.COc1ccc2c(c1Cc1ccccc1)c(=O)n(CCCO)c(=O)n2C. The van der Waals surface area contributed by atoms with Crippen LogP contribution in [0.15, 0.2) is 104 Å². The summed E-state index contributed by atoms with van der Waals surface area (Å²) in [5, 5.41) is 19.0. The highest BCUT2D eigenvalue weighted by atomic mass is 127. The number of aliphatic hydroxyl groups is 2. The molecule has 0 radical (unpaired) electrons. The number of fused-ring (bicyclic) bond motifs is 2. The van der Waals surface area contributed by atoms with Crippen LogP contribution in [0, 0.1) is 0 Å². The summed E-state index contributed by atoms with van der Waals surface area (Å²) in [5.41, 5.74) is 3.09. The lowest BCUT2D eigenvalue weighted by Crippen LogP contribution is -2.39. The van der Waals surface area contributed by atoms with E-state index in [1.165, 1.54) is 9.13 Å². The van der Waals surface area contributed by atoms with Crippen molar-refractivity contribution in [2.45, 2.75) is 38.8 Å². The van der Waals surface area contributed by atoms with E-state index in [1.807, 2.05) is 65.6 Å². The van der Waals surface area contributed by atoms with Crippen LogP contribution in [0.25, 0.3) is 21.8 Å². The summed E-state index contributed by atoms with van der Waals surface area (Å²) in [6.07, 6.45) is 1.72. The molecule has 53 heavy (non-hydrogen) atoms. The van der Waals surface area contributed by atoms with E-state index >= 15 is 0 Å². The Labute approximate surface area is 320 Å².